The Morgan fingerprint density at radius 1 is 1.07 bits per heavy atom. The number of aryl methyl sites for hydroxylation is 1. The summed E-state index contributed by atoms with van der Waals surface area (Å²) in [4.78, 5) is 46.6. The van der Waals surface area contributed by atoms with E-state index in [9.17, 15) is 14.4 Å². The number of aromatic nitrogens is 1. The molecule has 0 bridgehead atoms. The predicted octanol–water partition coefficient (Wildman–Crippen LogP) is 1.48. The highest BCUT2D eigenvalue weighted by molar-refractivity contribution is 5.93. The Balaban J connectivity index is 1.59. The Labute approximate surface area is 178 Å². The molecule has 4 heterocycles. The Kier molecular flexibility index (Phi) is 5.06. The van der Waals surface area contributed by atoms with E-state index in [0.29, 0.717) is 38.4 Å². The zero-order chi connectivity index (χ0) is 21.7. The van der Waals surface area contributed by atoms with Crippen LogP contribution in [0.2, 0.25) is 0 Å². The number of hydrogen-bond acceptors (Lipinski definition) is 3. The van der Waals surface area contributed by atoms with Gasteiger partial charge in [-0.2, -0.15) is 0 Å². The molecule has 8 nitrogen and oxygen atoms in total. The molecule has 30 heavy (non-hydrogen) atoms. The van der Waals surface area contributed by atoms with Gasteiger partial charge in [-0.05, 0) is 38.3 Å². The lowest BCUT2D eigenvalue weighted by molar-refractivity contribution is -0.141. The van der Waals surface area contributed by atoms with Gasteiger partial charge in [0.25, 0.3) is 5.91 Å². The third-order valence-electron chi connectivity index (χ3n) is 7.68. The van der Waals surface area contributed by atoms with Crippen molar-refractivity contribution in [3.63, 3.8) is 0 Å². The number of hydrogen-bond donors (Lipinski definition) is 0. The lowest BCUT2D eigenvalue weighted by atomic mass is 9.60. The second-order valence-corrected chi connectivity index (χ2v) is 9.33. The van der Waals surface area contributed by atoms with Crippen molar-refractivity contribution >= 4 is 17.8 Å². The molecule has 0 aliphatic carbocycles. The molecule has 3 saturated heterocycles. The monoisotopic (exact) mass is 415 g/mol. The second kappa shape index (κ2) is 7.32. The minimum absolute atomic E-state index is 0.0312. The molecular formula is C22H33N5O3. The fraction of sp³-hybridized carbons (Fsp3) is 0.682. The van der Waals surface area contributed by atoms with E-state index >= 15 is 0 Å². The first kappa shape index (κ1) is 20.8. The highest BCUT2D eigenvalue weighted by Gasteiger charge is 2.66. The lowest BCUT2D eigenvalue weighted by Crippen LogP contribution is -2.53. The number of rotatable bonds is 2. The molecule has 0 saturated carbocycles. The summed E-state index contributed by atoms with van der Waals surface area (Å²) in [5, 5.41) is 0. The molecule has 1 atom stereocenters. The molecule has 8 heteroatoms. The summed E-state index contributed by atoms with van der Waals surface area (Å²) in [6.07, 6.45) is 4.18. The van der Waals surface area contributed by atoms with Gasteiger partial charge >= 0.3 is 6.03 Å². The maximum Gasteiger partial charge on any atom is 0.319 e. The van der Waals surface area contributed by atoms with Crippen LogP contribution in [0.25, 0.3) is 0 Å². The third-order valence-corrected chi connectivity index (χ3v) is 7.68. The van der Waals surface area contributed by atoms with Crippen molar-refractivity contribution in [1.29, 1.82) is 0 Å². The van der Waals surface area contributed by atoms with Crippen molar-refractivity contribution in [1.82, 2.24) is 24.2 Å². The van der Waals surface area contributed by atoms with Crippen molar-refractivity contribution in [2.75, 3.05) is 53.4 Å². The molecular weight excluding hydrogens is 382 g/mol. The Bertz CT molecular complexity index is 855. The zero-order valence-corrected chi connectivity index (χ0v) is 18.6. The molecule has 3 fully saturated rings. The maximum atomic E-state index is 13.5. The van der Waals surface area contributed by atoms with Crippen LogP contribution >= 0.6 is 0 Å². The normalized spacial score (nSPS) is 25.6. The number of nitrogens with zero attached hydrogens (tertiary/aromatic N) is 5. The molecule has 3 aliphatic rings. The topological polar surface area (TPSA) is 69.1 Å². The van der Waals surface area contributed by atoms with E-state index in [1.54, 1.807) is 19.0 Å². The highest BCUT2D eigenvalue weighted by atomic mass is 16.2. The number of urea groups is 1. The van der Waals surface area contributed by atoms with Crippen molar-refractivity contribution in [2.45, 2.75) is 26.2 Å². The summed E-state index contributed by atoms with van der Waals surface area (Å²) in [6, 6.07) is 3.70. The average Bonchev–Trinajstić information content (AvgIpc) is 3.39. The lowest BCUT2D eigenvalue weighted by Gasteiger charge is -2.46. The van der Waals surface area contributed by atoms with E-state index in [-0.39, 0.29) is 23.3 Å². The van der Waals surface area contributed by atoms with Gasteiger partial charge in [-0.3, -0.25) is 9.59 Å². The Morgan fingerprint density at radius 3 is 2.30 bits per heavy atom. The summed E-state index contributed by atoms with van der Waals surface area (Å²) in [5.74, 6) is 0.236. The van der Waals surface area contributed by atoms with E-state index < -0.39 is 5.41 Å². The molecule has 3 aliphatic heterocycles. The van der Waals surface area contributed by atoms with E-state index in [0.717, 1.165) is 25.8 Å². The summed E-state index contributed by atoms with van der Waals surface area (Å²) in [6.45, 7) is 5.81. The van der Waals surface area contributed by atoms with Gasteiger partial charge < -0.3 is 24.2 Å². The van der Waals surface area contributed by atoms with Crippen LogP contribution in [-0.4, -0.2) is 95.4 Å². The summed E-state index contributed by atoms with van der Waals surface area (Å²) < 4.78 is 1.85. The molecule has 164 valence electrons. The van der Waals surface area contributed by atoms with Crippen LogP contribution in [0.15, 0.2) is 18.3 Å². The number of carbonyl (C=O) groups is 3. The molecule has 4 rings (SSSR count). The number of amides is 4. The van der Waals surface area contributed by atoms with Crippen LogP contribution in [0.5, 0.6) is 0 Å². The van der Waals surface area contributed by atoms with Crippen LogP contribution in [0.3, 0.4) is 0 Å². The molecule has 0 unspecified atom stereocenters. The van der Waals surface area contributed by atoms with Crippen molar-refractivity contribution < 1.29 is 14.4 Å². The minimum atomic E-state index is -0.519. The van der Waals surface area contributed by atoms with Gasteiger partial charge in [0.15, 0.2) is 0 Å². The molecule has 0 aromatic carbocycles. The number of fused-ring (bicyclic) bond motifs is 1. The SMILES string of the molecule is CCN1CC[C@@]2(CN(C(=O)N(C)C)CC23CCN(C(=O)c2cccn2C)CC3)C1=O. The van der Waals surface area contributed by atoms with E-state index in [4.69, 9.17) is 0 Å². The van der Waals surface area contributed by atoms with Gasteiger partial charge in [0.1, 0.15) is 5.69 Å². The molecule has 0 N–H and O–H groups in total. The average molecular weight is 416 g/mol. The molecule has 1 aromatic heterocycles. The summed E-state index contributed by atoms with van der Waals surface area (Å²) in [7, 11) is 5.40. The molecule has 4 amide bonds. The van der Waals surface area contributed by atoms with Crippen LogP contribution in [-0.2, 0) is 11.8 Å². The van der Waals surface area contributed by atoms with Crippen molar-refractivity contribution in [3.05, 3.63) is 24.0 Å². The van der Waals surface area contributed by atoms with E-state index in [1.807, 2.05) is 51.6 Å². The first-order chi connectivity index (χ1) is 14.2. The van der Waals surface area contributed by atoms with Crippen LogP contribution in [0, 0.1) is 10.8 Å². The van der Waals surface area contributed by atoms with E-state index in [2.05, 4.69) is 0 Å². The van der Waals surface area contributed by atoms with E-state index in [1.165, 1.54) is 0 Å². The quantitative estimate of drug-likeness (QED) is 0.735. The predicted molar refractivity (Wildman–Crippen MR) is 113 cm³/mol. The third kappa shape index (κ3) is 2.91. The van der Waals surface area contributed by atoms with Crippen molar-refractivity contribution in [3.8, 4) is 0 Å². The summed E-state index contributed by atoms with van der Waals surface area (Å²) >= 11 is 0. The van der Waals surface area contributed by atoms with Gasteiger partial charge in [-0.15, -0.1) is 0 Å². The molecule has 1 aromatic rings. The Morgan fingerprint density at radius 2 is 1.77 bits per heavy atom. The molecule has 0 radical (unpaired) electrons. The summed E-state index contributed by atoms with van der Waals surface area (Å²) in [5.41, 5.74) is -0.0926. The van der Waals surface area contributed by atoms with Crippen molar-refractivity contribution in [2.24, 2.45) is 17.9 Å². The minimum Gasteiger partial charge on any atom is -0.347 e. The zero-order valence-electron chi connectivity index (χ0n) is 18.6. The number of carbonyl (C=O) groups excluding carboxylic acids is 3. The standard InChI is InChI=1S/C22H33N5O3/c1-5-25-14-10-22(19(25)29)16-27(20(30)23(2)3)15-21(22)8-12-26(13-9-21)18(28)17-7-6-11-24(17)4/h6-7,11H,5,8-10,12-16H2,1-4H3/t22-/m1/s1. The van der Waals surface area contributed by atoms with Crippen LogP contribution < -0.4 is 0 Å². The largest absolute Gasteiger partial charge is 0.347 e. The number of likely N-dealkylation sites (tertiary alicyclic amines) is 3. The van der Waals surface area contributed by atoms with Gasteiger partial charge in [0, 0.05) is 72.0 Å². The first-order valence-corrected chi connectivity index (χ1v) is 10.9. The van der Waals surface area contributed by atoms with Gasteiger partial charge in [0.05, 0.1) is 5.41 Å². The first-order valence-electron chi connectivity index (χ1n) is 10.9. The van der Waals surface area contributed by atoms with Gasteiger partial charge in [0.2, 0.25) is 5.91 Å². The molecule has 2 spiro atoms. The fourth-order valence-corrected chi connectivity index (χ4v) is 5.88. The number of piperidine rings is 1. The fourth-order valence-electron chi connectivity index (χ4n) is 5.88. The van der Waals surface area contributed by atoms with Gasteiger partial charge in [-0.1, -0.05) is 0 Å². The van der Waals surface area contributed by atoms with Gasteiger partial charge in [-0.25, -0.2) is 4.79 Å². The second-order valence-electron chi connectivity index (χ2n) is 9.33. The van der Waals surface area contributed by atoms with Crippen LogP contribution in [0.4, 0.5) is 4.79 Å². The smallest absolute Gasteiger partial charge is 0.319 e. The maximum absolute atomic E-state index is 13.5. The highest BCUT2D eigenvalue weighted by Crippen LogP contribution is 2.58. The Hall–Kier alpha value is -2.51. The van der Waals surface area contributed by atoms with Crippen LogP contribution in [0.1, 0.15) is 36.7 Å².